The van der Waals surface area contributed by atoms with Crippen LogP contribution in [0.3, 0.4) is 0 Å². The van der Waals surface area contributed by atoms with Gasteiger partial charge in [0.2, 0.25) is 0 Å². The molecular weight excluding hydrogens is 402 g/mol. The van der Waals surface area contributed by atoms with Gasteiger partial charge >= 0.3 is 5.97 Å². The zero-order valence-corrected chi connectivity index (χ0v) is 16.5. The van der Waals surface area contributed by atoms with Crippen molar-refractivity contribution in [2.45, 2.75) is 4.90 Å². The Morgan fingerprint density at radius 3 is 2.48 bits per heavy atom. The number of carbonyl (C=O) groups is 1. The van der Waals surface area contributed by atoms with Crippen molar-refractivity contribution < 1.29 is 37.3 Å². The van der Waals surface area contributed by atoms with Crippen LogP contribution in [-0.2, 0) is 14.8 Å². The fourth-order valence-corrected chi connectivity index (χ4v) is 4.00. The van der Waals surface area contributed by atoms with Gasteiger partial charge < -0.3 is 24.1 Å². The molecule has 2 aromatic carbocycles. The number of fused-ring (bicyclic) bond motifs is 1. The maximum absolute atomic E-state index is 13.0. The number of benzene rings is 2. The SMILES string of the molecule is COc1cc(/C=C/C(=O)O)cc(S(=O)(=O)Nc2ccc3c(c2)OCCO3)c1OC. The second kappa shape index (κ2) is 8.31. The highest BCUT2D eigenvalue weighted by Gasteiger charge is 2.25. The van der Waals surface area contributed by atoms with E-state index in [1.165, 1.54) is 38.5 Å². The van der Waals surface area contributed by atoms with Gasteiger partial charge in [-0.3, -0.25) is 4.72 Å². The number of sulfonamides is 1. The minimum absolute atomic E-state index is 0.00924. The van der Waals surface area contributed by atoms with Crippen molar-refractivity contribution in [3.05, 3.63) is 42.0 Å². The monoisotopic (exact) mass is 421 g/mol. The van der Waals surface area contributed by atoms with Gasteiger partial charge in [0.25, 0.3) is 10.0 Å². The average Bonchev–Trinajstić information content (AvgIpc) is 2.71. The van der Waals surface area contributed by atoms with E-state index in [1.54, 1.807) is 12.1 Å². The third-order valence-corrected chi connectivity index (χ3v) is 5.36. The molecule has 0 spiro atoms. The Hall–Kier alpha value is -3.40. The molecule has 1 aliphatic heterocycles. The third-order valence-electron chi connectivity index (χ3n) is 3.97. The van der Waals surface area contributed by atoms with Crippen molar-refractivity contribution in [2.75, 3.05) is 32.2 Å². The van der Waals surface area contributed by atoms with Gasteiger partial charge in [0.15, 0.2) is 23.0 Å². The second-order valence-electron chi connectivity index (χ2n) is 5.89. The number of carboxylic acid groups (broad SMARTS) is 1. The first-order chi connectivity index (χ1) is 13.8. The molecule has 10 heteroatoms. The lowest BCUT2D eigenvalue weighted by molar-refractivity contribution is -0.131. The Labute approximate surface area is 167 Å². The summed E-state index contributed by atoms with van der Waals surface area (Å²) in [5.74, 6) is -0.0791. The zero-order chi connectivity index (χ0) is 21.0. The molecule has 2 N–H and O–H groups in total. The molecule has 0 atom stereocenters. The van der Waals surface area contributed by atoms with Crippen molar-refractivity contribution in [1.82, 2.24) is 0 Å². The van der Waals surface area contributed by atoms with Crippen LogP contribution in [0, 0.1) is 0 Å². The largest absolute Gasteiger partial charge is 0.493 e. The molecule has 29 heavy (non-hydrogen) atoms. The van der Waals surface area contributed by atoms with Crippen molar-refractivity contribution in [3.63, 3.8) is 0 Å². The molecule has 0 amide bonds. The summed E-state index contributed by atoms with van der Waals surface area (Å²) in [6.07, 6.45) is 2.15. The molecule has 1 heterocycles. The quantitative estimate of drug-likeness (QED) is 0.654. The van der Waals surface area contributed by atoms with E-state index in [9.17, 15) is 13.2 Å². The fourth-order valence-electron chi connectivity index (χ4n) is 2.73. The van der Waals surface area contributed by atoms with Crippen LogP contribution in [-0.4, -0.2) is 46.9 Å². The van der Waals surface area contributed by atoms with Crippen LogP contribution >= 0.6 is 0 Å². The Kier molecular flexibility index (Phi) is 5.83. The number of methoxy groups -OCH3 is 2. The lowest BCUT2D eigenvalue weighted by Gasteiger charge is -2.19. The van der Waals surface area contributed by atoms with E-state index in [1.807, 2.05) is 0 Å². The van der Waals surface area contributed by atoms with Crippen molar-refractivity contribution in [3.8, 4) is 23.0 Å². The number of carboxylic acids is 1. The number of aliphatic carboxylic acids is 1. The molecule has 0 unspecified atom stereocenters. The van der Waals surface area contributed by atoms with Gasteiger partial charge in [-0.2, -0.15) is 0 Å². The minimum atomic E-state index is -4.11. The predicted molar refractivity (Wildman–Crippen MR) is 104 cm³/mol. The Morgan fingerprint density at radius 2 is 1.83 bits per heavy atom. The Morgan fingerprint density at radius 1 is 1.10 bits per heavy atom. The average molecular weight is 421 g/mol. The van der Waals surface area contributed by atoms with Gasteiger partial charge in [0, 0.05) is 12.1 Å². The predicted octanol–water partition coefficient (Wildman–Crippen LogP) is 2.37. The first kappa shape index (κ1) is 20.3. The van der Waals surface area contributed by atoms with E-state index in [-0.39, 0.29) is 22.1 Å². The van der Waals surface area contributed by atoms with Gasteiger partial charge in [-0.1, -0.05) is 0 Å². The normalized spacial score (nSPS) is 13.2. The number of ether oxygens (including phenoxy) is 4. The zero-order valence-electron chi connectivity index (χ0n) is 15.7. The molecule has 9 nitrogen and oxygen atoms in total. The highest BCUT2D eigenvalue weighted by molar-refractivity contribution is 7.92. The highest BCUT2D eigenvalue weighted by Crippen LogP contribution is 2.38. The number of hydrogen-bond acceptors (Lipinski definition) is 7. The number of anilines is 1. The molecule has 0 bridgehead atoms. The van der Waals surface area contributed by atoms with Crippen LogP contribution in [0.2, 0.25) is 0 Å². The Balaban J connectivity index is 2.02. The lowest BCUT2D eigenvalue weighted by atomic mass is 10.2. The molecule has 154 valence electrons. The lowest BCUT2D eigenvalue weighted by Crippen LogP contribution is -2.17. The smallest absolute Gasteiger partial charge is 0.328 e. The molecule has 0 radical (unpaired) electrons. The van der Waals surface area contributed by atoms with Gasteiger partial charge in [-0.15, -0.1) is 0 Å². The first-order valence-electron chi connectivity index (χ1n) is 8.43. The second-order valence-corrected chi connectivity index (χ2v) is 7.54. The fraction of sp³-hybridized carbons (Fsp3) is 0.211. The highest BCUT2D eigenvalue weighted by atomic mass is 32.2. The van der Waals surface area contributed by atoms with E-state index >= 15 is 0 Å². The maximum Gasteiger partial charge on any atom is 0.328 e. The van der Waals surface area contributed by atoms with E-state index in [0.29, 0.717) is 30.3 Å². The van der Waals surface area contributed by atoms with Gasteiger partial charge in [-0.25, -0.2) is 13.2 Å². The maximum atomic E-state index is 13.0. The summed E-state index contributed by atoms with van der Waals surface area (Å²) in [5.41, 5.74) is 0.578. The van der Waals surface area contributed by atoms with Crippen molar-refractivity contribution >= 4 is 27.8 Å². The summed E-state index contributed by atoms with van der Waals surface area (Å²) in [5, 5.41) is 8.83. The standard InChI is InChI=1S/C19H19NO8S/c1-25-16-9-12(3-6-18(21)22)10-17(19(16)26-2)29(23,24)20-13-4-5-14-15(11-13)28-8-7-27-14/h3-6,9-11,20H,7-8H2,1-2H3,(H,21,22)/b6-3+. The molecule has 0 fully saturated rings. The summed E-state index contributed by atoms with van der Waals surface area (Å²) in [6.45, 7) is 0.790. The Bertz CT molecular complexity index is 1060. The van der Waals surface area contributed by atoms with E-state index in [4.69, 9.17) is 24.1 Å². The molecule has 0 saturated carbocycles. The minimum Gasteiger partial charge on any atom is -0.493 e. The van der Waals surface area contributed by atoms with Gasteiger partial charge in [-0.05, 0) is 35.9 Å². The topological polar surface area (TPSA) is 120 Å². The van der Waals surface area contributed by atoms with Crippen LogP contribution in [0.5, 0.6) is 23.0 Å². The summed E-state index contributed by atoms with van der Waals surface area (Å²) in [7, 11) is -1.44. The molecule has 1 aliphatic rings. The van der Waals surface area contributed by atoms with Crippen molar-refractivity contribution in [1.29, 1.82) is 0 Å². The van der Waals surface area contributed by atoms with Crippen molar-refractivity contribution in [2.24, 2.45) is 0 Å². The van der Waals surface area contributed by atoms with Gasteiger partial charge in [0.05, 0.1) is 19.9 Å². The number of rotatable bonds is 7. The molecule has 0 saturated heterocycles. The summed E-state index contributed by atoms with van der Waals surface area (Å²) in [4.78, 5) is 10.6. The number of nitrogens with one attached hydrogen (secondary N) is 1. The van der Waals surface area contributed by atoms with E-state index in [2.05, 4.69) is 4.72 Å². The van der Waals surface area contributed by atoms with Crippen LogP contribution in [0.15, 0.2) is 41.3 Å². The van der Waals surface area contributed by atoms with Gasteiger partial charge in [0.1, 0.15) is 18.1 Å². The molecule has 2 aromatic rings. The molecular formula is C19H19NO8S. The van der Waals surface area contributed by atoms with Crippen LogP contribution in [0.25, 0.3) is 6.08 Å². The summed E-state index contributed by atoms with van der Waals surface area (Å²) >= 11 is 0. The van der Waals surface area contributed by atoms with Crippen LogP contribution in [0.4, 0.5) is 5.69 Å². The van der Waals surface area contributed by atoms with E-state index in [0.717, 1.165) is 6.08 Å². The third kappa shape index (κ3) is 4.54. The molecule has 0 aromatic heterocycles. The van der Waals surface area contributed by atoms with Crippen LogP contribution in [0.1, 0.15) is 5.56 Å². The number of hydrogen-bond donors (Lipinski definition) is 2. The summed E-state index contributed by atoms with van der Waals surface area (Å²) in [6, 6.07) is 7.44. The van der Waals surface area contributed by atoms with E-state index < -0.39 is 16.0 Å². The summed E-state index contributed by atoms with van der Waals surface area (Å²) < 4.78 is 49.9. The van der Waals surface area contributed by atoms with Crippen LogP contribution < -0.4 is 23.7 Å². The molecule has 3 rings (SSSR count). The molecule has 0 aliphatic carbocycles. The first-order valence-corrected chi connectivity index (χ1v) is 9.92.